The van der Waals surface area contributed by atoms with Crippen LogP contribution in [0, 0.1) is 0 Å². The standard InChI is InChI=1S/C22H23NO3S/c1-14(22(25)26-13-17-5-4-10-23-17)15-8-9-20-16(11-15)12-19(24)18-6-2-3-7-21(18)27-20/h2-3,6-9,11,14,17,23H,4-5,10,12-13H2,1H3. The Bertz CT molecular complexity index is 874. The minimum absolute atomic E-state index is 0.122. The highest BCUT2D eigenvalue weighted by Gasteiger charge is 2.24. The lowest BCUT2D eigenvalue weighted by molar-refractivity contribution is -0.145. The molecule has 0 aliphatic carbocycles. The summed E-state index contributed by atoms with van der Waals surface area (Å²) in [5.74, 6) is -0.432. The highest BCUT2D eigenvalue weighted by Crippen LogP contribution is 2.38. The van der Waals surface area contributed by atoms with Gasteiger partial charge in [-0.05, 0) is 49.6 Å². The number of hydrogen-bond donors (Lipinski definition) is 1. The minimum Gasteiger partial charge on any atom is -0.464 e. The second-order valence-corrected chi connectivity index (χ2v) is 8.29. The van der Waals surface area contributed by atoms with Crippen molar-refractivity contribution in [3.63, 3.8) is 0 Å². The predicted molar refractivity (Wildman–Crippen MR) is 105 cm³/mol. The van der Waals surface area contributed by atoms with E-state index in [1.54, 1.807) is 11.8 Å². The number of nitrogens with one attached hydrogen (secondary N) is 1. The van der Waals surface area contributed by atoms with E-state index in [9.17, 15) is 9.59 Å². The maximum absolute atomic E-state index is 12.6. The van der Waals surface area contributed by atoms with Crippen LogP contribution in [0.25, 0.3) is 0 Å². The Morgan fingerprint density at radius 3 is 2.93 bits per heavy atom. The Labute approximate surface area is 163 Å². The first-order chi connectivity index (χ1) is 13.1. The van der Waals surface area contributed by atoms with Crippen molar-refractivity contribution in [1.82, 2.24) is 5.32 Å². The summed E-state index contributed by atoms with van der Waals surface area (Å²) in [4.78, 5) is 27.1. The van der Waals surface area contributed by atoms with Crippen LogP contribution in [0.4, 0.5) is 0 Å². The fraction of sp³-hybridized carbons (Fsp3) is 0.364. The molecule has 0 spiro atoms. The smallest absolute Gasteiger partial charge is 0.313 e. The van der Waals surface area contributed by atoms with Gasteiger partial charge >= 0.3 is 5.97 Å². The monoisotopic (exact) mass is 381 g/mol. The molecule has 4 nitrogen and oxygen atoms in total. The third-order valence-corrected chi connectivity index (χ3v) is 6.48. The molecule has 2 aromatic rings. The van der Waals surface area contributed by atoms with Crippen LogP contribution < -0.4 is 5.32 Å². The molecule has 0 bridgehead atoms. The number of Topliss-reactive ketones (excluding diaryl/α,β-unsaturated/α-hetero) is 1. The third kappa shape index (κ3) is 3.94. The lowest BCUT2D eigenvalue weighted by atomic mass is 9.96. The van der Waals surface area contributed by atoms with Gasteiger partial charge in [0.05, 0.1) is 5.92 Å². The molecule has 0 radical (unpaired) electrons. The maximum atomic E-state index is 12.6. The second kappa shape index (κ2) is 7.87. The number of rotatable bonds is 4. The Balaban J connectivity index is 1.50. The largest absolute Gasteiger partial charge is 0.464 e. The van der Waals surface area contributed by atoms with E-state index >= 15 is 0 Å². The van der Waals surface area contributed by atoms with E-state index in [1.165, 1.54) is 0 Å². The van der Waals surface area contributed by atoms with Crippen molar-refractivity contribution in [3.05, 3.63) is 59.2 Å². The highest BCUT2D eigenvalue weighted by molar-refractivity contribution is 7.99. The summed E-state index contributed by atoms with van der Waals surface area (Å²) in [7, 11) is 0. The molecule has 2 atom stereocenters. The summed E-state index contributed by atoms with van der Waals surface area (Å²) < 4.78 is 5.51. The summed E-state index contributed by atoms with van der Waals surface area (Å²) in [5, 5.41) is 3.33. The summed E-state index contributed by atoms with van der Waals surface area (Å²) >= 11 is 1.62. The first-order valence-corrected chi connectivity index (χ1v) is 10.3. The Hall–Kier alpha value is -2.11. The molecular formula is C22H23NO3S. The fourth-order valence-corrected chi connectivity index (χ4v) is 4.70. The Kier molecular flexibility index (Phi) is 5.32. The van der Waals surface area contributed by atoms with Gasteiger partial charge in [-0.1, -0.05) is 42.1 Å². The van der Waals surface area contributed by atoms with Gasteiger partial charge in [-0.25, -0.2) is 0 Å². The molecule has 5 heteroatoms. The van der Waals surface area contributed by atoms with E-state index < -0.39 is 0 Å². The van der Waals surface area contributed by atoms with Crippen LogP contribution in [0.2, 0.25) is 0 Å². The van der Waals surface area contributed by atoms with E-state index in [-0.39, 0.29) is 23.7 Å². The Morgan fingerprint density at radius 1 is 1.26 bits per heavy atom. The molecule has 1 saturated heterocycles. The summed E-state index contributed by atoms with van der Waals surface area (Å²) in [5.41, 5.74) is 2.66. The van der Waals surface area contributed by atoms with E-state index in [2.05, 4.69) is 5.32 Å². The number of carbonyl (C=O) groups excluding carboxylic acids is 2. The first kappa shape index (κ1) is 18.3. The number of fused-ring (bicyclic) bond motifs is 2. The molecule has 2 aromatic carbocycles. The molecular weight excluding hydrogens is 358 g/mol. The normalized spacial score (nSPS) is 19.7. The number of esters is 1. The predicted octanol–water partition coefficient (Wildman–Crippen LogP) is 3.98. The van der Waals surface area contributed by atoms with Gasteiger partial charge in [0.25, 0.3) is 0 Å². The van der Waals surface area contributed by atoms with Gasteiger partial charge in [-0.3, -0.25) is 9.59 Å². The lowest BCUT2D eigenvalue weighted by Crippen LogP contribution is -2.29. The maximum Gasteiger partial charge on any atom is 0.313 e. The molecule has 140 valence electrons. The van der Waals surface area contributed by atoms with E-state index in [4.69, 9.17) is 4.74 Å². The zero-order valence-electron chi connectivity index (χ0n) is 15.4. The molecule has 4 rings (SSSR count). The molecule has 2 heterocycles. The number of carbonyl (C=O) groups is 2. The quantitative estimate of drug-likeness (QED) is 0.812. The SMILES string of the molecule is CC(C(=O)OCC1CCCN1)c1ccc2c(c1)CC(=O)c1ccccc1S2. The van der Waals surface area contributed by atoms with Crippen molar-refractivity contribution >= 4 is 23.5 Å². The number of hydrogen-bond acceptors (Lipinski definition) is 5. The van der Waals surface area contributed by atoms with Crippen LogP contribution in [0.3, 0.4) is 0 Å². The van der Waals surface area contributed by atoms with Gasteiger partial charge in [0.1, 0.15) is 6.61 Å². The molecule has 0 amide bonds. The van der Waals surface area contributed by atoms with Crippen molar-refractivity contribution in [2.45, 2.75) is 47.9 Å². The molecule has 1 N–H and O–H groups in total. The molecule has 0 aromatic heterocycles. The van der Waals surface area contributed by atoms with Crippen LogP contribution in [0.5, 0.6) is 0 Å². The van der Waals surface area contributed by atoms with Crippen molar-refractivity contribution in [2.24, 2.45) is 0 Å². The zero-order valence-corrected chi connectivity index (χ0v) is 16.2. The molecule has 2 aliphatic heterocycles. The van der Waals surface area contributed by atoms with Gasteiger partial charge in [0, 0.05) is 27.8 Å². The number of benzene rings is 2. The van der Waals surface area contributed by atoms with Crippen LogP contribution in [0.1, 0.15) is 47.2 Å². The van der Waals surface area contributed by atoms with E-state index in [1.807, 2.05) is 49.4 Å². The molecule has 27 heavy (non-hydrogen) atoms. The zero-order chi connectivity index (χ0) is 18.8. The van der Waals surface area contributed by atoms with Gasteiger partial charge < -0.3 is 10.1 Å². The molecule has 0 saturated carbocycles. The number of ketones is 1. The highest BCUT2D eigenvalue weighted by atomic mass is 32.2. The van der Waals surface area contributed by atoms with Crippen molar-refractivity contribution < 1.29 is 14.3 Å². The average Bonchev–Trinajstić information content (AvgIpc) is 3.16. The number of ether oxygens (including phenoxy) is 1. The Morgan fingerprint density at radius 2 is 2.11 bits per heavy atom. The van der Waals surface area contributed by atoms with Gasteiger partial charge in [-0.2, -0.15) is 0 Å². The van der Waals surface area contributed by atoms with Gasteiger partial charge in [0.2, 0.25) is 0 Å². The topological polar surface area (TPSA) is 55.4 Å². The minimum atomic E-state index is -0.345. The lowest BCUT2D eigenvalue weighted by Gasteiger charge is -2.16. The molecule has 2 unspecified atom stereocenters. The second-order valence-electron chi connectivity index (χ2n) is 7.21. The summed E-state index contributed by atoms with van der Waals surface area (Å²) in [6, 6.07) is 14.0. The average molecular weight is 381 g/mol. The summed E-state index contributed by atoms with van der Waals surface area (Å²) in [6.45, 7) is 3.29. The van der Waals surface area contributed by atoms with Crippen LogP contribution >= 0.6 is 11.8 Å². The summed E-state index contributed by atoms with van der Waals surface area (Å²) in [6.07, 6.45) is 2.55. The first-order valence-electron chi connectivity index (χ1n) is 9.45. The fourth-order valence-electron chi connectivity index (χ4n) is 3.62. The van der Waals surface area contributed by atoms with Crippen molar-refractivity contribution in [2.75, 3.05) is 13.2 Å². The van der Waals surface area contributed by atoms with Crippen LogP contribution in [-0.2, 0) is 16.0 Å². The van der Waals surface area contributed by atoms with E-state index in [0.29, 0.717) is 13.0 Å². The van der Waals surface area contributed by atoms with E-state index in [0.717, 1.165) is 45.9 Å². The van der Waals surface area contributed by atoms with Crippen molar-refractivity contribution in [3.8, 4) is 0 Å². The van der Waals surface area contributed by atoms with Crippen molar-refractivity contribution in [1.29, 1.82) is 0 Å². The van der Waals surface area contributed by atoms with Gasteiger partial charge in [0.15, 0.2) is 5.78 Å². The molecule has 2 aliphatic rings. The molecule has 1 fully saturated rings. The van der Waals surface area contributed by atoms with Gasteiger partial charge in [-0.15, -0.1) is 0 Å². The van der Waals surface area contributed by atoms with Crippen LogP contribution in [-0.4, -0.2) is 30.9 Å². The third-order valence-electron chi connectivity index (χ3n) is 5.29. The van der Waals surface area contributed by atoms with Crippen LogP contribution in [0.15, 0.2) is 52.3 Å².